The lowest BCUT2D eigenvalue weighted by atomic mass is 10.0. The average Bonchev–Trinajstić information content (AvgIpc) is 2.76. The van der Waals surface area contributed by atoms with E-state index in [1.807, 2.05) is 32.0 Å². The number of carbonyl (C=O) groups is 2. The molecule has 1 atom stereocenters. The van der Waals surface area contributed by atoms with Crippen LogP contribution in [-0.4, -0.2) is 49.0 Å². The van der Waals surface area contributed by atoms with Crippen LogP contribution in [-0.2, 0) is 4.79 Å². The molecule has 0 saturated heterocycles. The quantitative estimate of drug-likeness (QED) is 0.485. The summed E-state index contributed by atoms with van der Waals surface area (Å²) in [6.07, 6.45) is 0. The van der Waals surface area contributed by atoms with Crippen molar-refractivity contribution in [1.29, 1.82) is 0 Å². The summed E-state index contributed by atoms with van der Waals surface area (Å²) in [5.41, 5.74) is 1.15. The van der Waals surface area contributed by atoms with Crippen molar-refractivity contribution in [2.24, 2.45) is 5.92 Å². The molecule has 168 valence electrons. The van der Waals surface area contributed by atoms with Gasteiger partial charge in [0.05, 0.1) is 5.56 Å². The van der Waals surface area contributed by atoms with Crippen LogP contribution >= 0.6 is 15.9 Å². The second-order valence-corrected chi connectivity index (χ2v) is 8.42. The molecule has 0 heterocycles. The van der Waals surface area contributed by atoms with Crippen LogP contribution in [0, 0.1) is 5.92 Å². The van der Waals surface area contributed by atoms with Crippen LogP contribution in [0.25, 0.3) is 0 Å². The molecule has 2 aromatic carbocycles. The van der Waals surface area contributed by atoms with Crippen molar-refractivity contribution in [3.05, 3.63) is 58.6 Å². The first-order valence-electron chi connectivity index (χ1n) is 10.7. The first-order chi connectivity index (χ1) is 14.8. The maximum absolute atomic E-state index is 12.8. The van der Waals surface area contributed by atoms with Crippen LogP contribution in [0.5, 0.6) is 5.75 Å². The van der Waals surface area contributed by atoms with Crippen molar-refractivity contribution in [3.8, 4) is 5.75 Å². The number of ether oxygens (including phenoxy) is 1. The molecule has 0 fully saturated rings. The van der Waals surface area contributed by atoms with Crippen molar-refractivity contribution in [2.75, 3.05) is 31.6 Å². The van der Waals surface area contributed by atoms with Crippen LogP contribution < -0.4 is 15.4 Å². The fourth-order valence-corrected chi connectivity index (χ4v) is 3.55. The Kier molecular flexibility index (Phi) is 10.0. The number of rotatable bonds is 11. The molecular formula is C24H32BrN3O3. The number of anilines is 1. The maximum Gasteiger partial charge on any atom is 0.253 e. The summed E-state index contributed by atoms with van der Waals surface area (Å²) in [6, 6.07) is 13.8. The van der Waals surface area contributed by atoms with Crippen molar-refractivity contribution < 1.29 is 14.3 Å². The summed E-state index contributed by atoms with van der Waals surface area (Å²) >= 11 is 3.38. The van der Waals surface area contributed by atoms with E-state index in [0.29, 0.717) is 22.3 Å². The van der Waals surface area contributed by atoms with Crippen molar-refractivity contribution in [2.45, 2.75) is 33.7 Å². The zero-order valence-electron chi connectivity index (χ0n) is 18.7. The number of halogens is 1. The van der Waals surface area contributed by atoms with Gasteiger partial charge in [-0.2, -0.15) is 0 Å². The third kappa shape index (κ3) is 7.67. The average molecular weight is 490 g/mol. The van der Waals surface area contributed by atoms with E-state index in [1.165, 1.54) is 0 Å². The lowest BCUT2D eigenvalue weighted by Gasteiger charge is -2.22. The lowest BCUT2D eigenvalue weighted by molar-refractivity contribution is -0.118. The molecule has 31 heavy (non-hydrogen) atoms. The van der Waals surface area contributed by atoms with E-state index in [2.05, 4.69) is 45.3 Å². The number of nitrogens with one attached hydrogen (secondary N) is 2. The highest BCUT2D eigenvalue weighted by molar-refractivity contribution is 9.10. The van der Waals surface area contributed by atoms with Gasteiger partial charge in [-0.05, 0) is 71.3 Å². The Balaban J connectivity index is 1.95. The Hall–Kier alpha value is -2.38. The highest BCUT2D eigenvalue weighted by atomic mass is 79.9. The van der Waals surface area contributed by atoms with Crippen molar-refractivity contribution >= 4 is 33.4 Å². The molecule has 2 rings (SSSR count). The number of nitrogens with zero attached hydrogens (tertiary/aromatic N) is 1. The van der Waals surface area contributed by atoms with Gasteiger partial charge in [0.15, 0.2) is 0 Å². The highest BCUT2D eigenvalue weighted by Crippen LogP contribution is 2.18. The van der Waals surface area contributed by atoms with Gasteiger partial charge in [0.2, 0.25) is 5.91 Å². The fraction of sp³-hybridized carbons (Fsp3) is 0.417. The third-order valence-corrected chi connectivity index (χ3v) is 5.74. The summed E-state index contributed by atoms with van der Waals surface area (Å²) in [6.45, 7) is 11.6. The monoisotopic (exact) mass is 489 g/mol. The Labute approximate surface area is 193 Å². The summed E-state index contributed by atoms with van der Waals surface area (Å²) in [5, 5.41) is 5.73. The molecule has 2 aromatic rings. The number of likely N-dealkylation sites (N-methyl/N-ethyl adjacent to an activating group) is 1. The minimum absolute atomic E-state index is 0.0749. The van der Waals surface area contributed by atoms with Gasteiger partial charge in [0, 0.05) is 16.7 Å². The van der Waals surface area contributed by atoms with Crippen LogP contribution in [0.2, 0.25) is 0 Å². The van der Waals surface area contributed by atoms with Gasteiger partial charge in [0.25, 0.3) is 5.91 Å². The molecule has 0 aromatic heterocycles. The van der Waals surface area contributed by atoms with Gasteiger partial charge in [0.1, 0.15) is 18.4 Å². The second kappa shape index (κ2) is 12.5. The number of hydrogen-bond acceptors (Lipinski definition) is 4. The first-order valence-corrected chi connectivity index (χ1v) is 11.5. The highest BCUT2D eigenvalue weighted by Gasteiger charge is 2.25. The van der Waals surface area contributed by atoms with Gasteiger partial charge >= 0.3 is 0 Å². The van der Waals surface area contributed by atoms with E-state index in [9.17, 15) is 9.59 Å². The predicted molar refractivity (Wildman–Crippen MR) is 129 cm³/mol. The molecular weight excluding hydrogens is 458 g/mol. The number of carbonyl (C=O) groups excluding carboxylic acids is 2. The number of amides is 2. The lowest BCUT2D eigenvalue weighted by Crippen LogP contribution is -2.47. The summed E-state index contributed by atoms with van der Waals surface area (Å²) in [5.74, 6) is 0.130. The van der Waals surface area contributed by atoms with Gasteiger partial charge in [-0.1, -0.05) is 39.8 Å². The SMILES string of the molecule is CCN(CC)CCOc1ccc(NC(=O)[C@@H](NC(=O)c2ccccc2Br)C(C)C)cc1. The van der Waals surface area contributed by atoms with E-state index in [4.69, 9.17) is 4.74 Å². The van der Waals surface area contributed by atoms with Gasteiger partial charge in [-0.15, -0.1) is 0 Å². The Morgan fingerprint density at radius 3 is 2.26 bits per heavy atom. The molecule has 0 bridgehead atoms. The zero-order valence-corrected chi connectivity index (χ0v) is 20.2. The molecule has 0 spiro atoms. The second-order valence-electron chi connectivity index (χ2n) is 7.56. The molecule has 0 aliphatic heterocycles. The standard InChI is InChI=1S/C24H32BrN3O3/c1-5-28(6-2)15-16-31-19-13-11-18(12-14-19)26-24(30)22(17(3)4)27-23(29)20-9-7-8-10-21(20)25/h7-14,17,22H,5-6,15-16H2,1-4H3,(H,26,30)(H,27,29)/t22-/m0/s1. The molecule has 6 nitrogen and oxygen atoms in total. The van der Waals surface area contributed by atoms with Gasteiger partial charge < -0.3 is 20.3 Å². The van der Waals surface area contributed by atoms with Gasteiger partial charge in [-0.3, -0.25) is 9.59 Å². The molecule has 7 heteroatoms. The van der Waals surface area contributed by atoms with Crippen molar-refractivity contribution in [3.63, 3.8) is 0 Å². The van der Waals surface area contributed by atoms with E-state index in [1.54, 1.807) is 30.3 Å². The van der Waals surface area contributed by atoms with E-state index >= 15 is 0 Å². The number of benzene rings is 2. The molecule has 0 unspecified atom stereocenters. The van der Waals surface area contributed by atoms with Crippen LogP contribution in [0.3, 0.4) is 0 Å². The molecule has 2 amide bonds. The summed E-state index contributed by atoms with van der Waals surface area (Å²) in [7, 11) is 0. The molecule has 0 aliphatic rings. The largest absolute Gasteiger partial charge is 0.492 e. The maximum atomic E-state index is 12.8. The zero-order chi connectivity index (χ0) is 22.8. The van der Waals surface area contributed by atoms with E-state index in [-0.39, 0.29) is 17.7 Å². The first kappa shape index (κ1) is 24.9. The van der Waals surface area contributed by atoms with Gasteiger partial charge in [-0.25, -0.2) is 0 Å². The summed E-state index contributed by atoms with van der Waals surface area (Å²) < 4.78 is 6.47. The normalized spacial score (nSPS) is 12.0. The molecule has 0 saturated carbocycles. The minimum atomic E-state index is -0.662. The number of hydrogen-bond donors (Lipinski definition) is 2. The fourth-order valence-electron chi connectivity index (χ4n) is 3.09. The van der Waals surface area contributed by atoms with Crippen molar-refractivity contribution in [1.82, 2.24) is 10.2 Å². The molecule has 0 radical (unpaired) electrons. The van der Waals surface area contributed by atoms with E-state index in [0.717, 1.165) is 25.4 Å². The van der Waals surface area contributed by atoms with Crippen LogP contribution in [0.15, 0.2) is 53.0 Å². The van der Waals surface area contributed by atoms with Crippen LogP contribution in [0.4, 0.5) is 5.69 Å². The van der Waals surface area contributed by atoms with Crippen LogP contribution in [0.1, 0.15) is 38.1 Å². The summed E-state index contributed by atoms with van der Waals surface area (Å²) in [4.78, 5) is 27.8. The predicted octanol–water partition coefficient (Wildman–Crippen LogP) is 4.56. The Bertz CT molecular complexity index is 851. The van der Waals surface area contributed by atoms with E-state index < -0.39 is 6.04 Å². The smallest absolute Gasteiger partial charge is 0.253 e. The Morgan fingerprint density at radius 2 is 1.68 bits per heavy atom. The Morgan fingerprint density at radius 1 is 1.03 bits per heavy atom. The molecule has 0 aliphatic carbocycles. The topological polar surface area (TPSA) is 70.7 Å². The minimum Gasteiger partial charge on any atom is -0.492 e. The third-order valence-electron chi connectivity index (χ3n) is 5.05. The molecule has 2 N–H and O–H groups in total.